The summed E-state index contributed by atoms with van der Waals surface area (Å²) in [6, 6.07) is 12.1. The number of hydrogen-bond donors (Lipinski definition) is 1. The van der Waals surface area contributed by atoms with Gasteiger partial charge in [0.2, 0.25) is 0 Å². The fourth-order valence-corrected chi connectivity index (χ4v) is 2.67. The van der Waals surface area contributed by atoms with Crippen molar-refractivity contribution in [3.8, 4) is 11.1 Å². The van der Waals surface area contributed by atoms with E-state index in [1.54, 1.807) is 24.3 Å². The molecule has 0 radical (unpaired) electrons. The van der Waals surface area contributed by atoms with Gasteiger partial charge in [0, 0.05) is 22.2 Å². The maximum atomic E-state index is 14.3. The molecule has 1 aromatic heterocycles. The zero-order chi connectivity index (χ0) is 15.9. The second-order valence-corrected chi connectivity index (χ2v) is 5.36. The van der Waals surface area contributed by atoms with E-state index >= 15 is 0 Å². The minimum Gasteiger partial charge on any atom is -0.508 e. The molecule has 0 unspecified atom stereocenters. The summed E-state index contributed by atoms with van der Waals surface area (Å²) in [5.74, 6) is -0.287. The van der Waals surface area contributed by atoms with E-state index in [9.17, 15) is 9.50 Å². The van der Waals surface area contributed by atoms with E-state index < -0.39 is 0 Å². The molecule has 1 heterocycles. The van der Waals surface area contributed by atoms with E-state index in [-0.39, 0.29) is 11.6 Å². The lowest BCUT2D eigenvalue weighted by Gasteiger charge is -2.14. The van der Waals surface area contributed by atoms with E-state index in [4.69, 9.17) is 0 Å². The van der Waals surface area contributed by atoms with E-state index in [1.165, 1.54) is 6.07 Å². The molecule has 22 heavy (non-hydrogen) atoms. The monoisotopic (exact) mass is 293 g/mol. The normalized spacial score (nSPS) is 10.9. The summed E-state index contributed by atoms with van der Waals surface area (Å²) < 4.78 is 14.3. The zero-order valence-electron chi connectivity index (χ0n) is 12.5. The molecule has 3 rings (SSSR count). The summed E-state index contributed by atoms with van der Waals surface area (Å²) in [4.78, 5) is 4.56. The Morgan fingerprint density at radius 1 is 1.14 bits per heavy atom. The molecular formula is C19H16FNO. The van der Waals surface area contributed by atoms with Crippen molar-refractivity contribution in [3.05, 3.63) is 71.7 Å². The number of benzene rings is 2. The van der Waals surface area contributed by atoms with Crippen molar-refractivity contribution < 1.29 is 9.50 Å². The van der Waals surface area contributed by atoms with Crippen LogP contribution in [0, 0.1) is 19.7 Å². The van der Waals surface area contributed by atoms with Gasteiger partial charge < -0.3 is 5.11 Å². The molecule has 2 nitrogen and oxygen atoms in total. The second kappa shape index (κ2) is 5.26. The molecule has 0 bridgehead atoms. The van der Waals surface area contributed by atoms with E-state index in [2.05, 4.69) is 11.6 Å². The van der Waals surface area contributed by atoms with Gasteiger partial charge in [-0.25, -0.2) is 4.39 Å². The van der Waals surface area contributed by atoms with Gasteiger partial charge in [-0.15, -0.1) is 0 Å². The molecule has 0 amide bonds. The third kappa shape index (κ3) is 2.25. The highest BCUT2D eigenvalue weighted by Gasteiger charge is 2.15. The summed E-state index contributed by atoms with van der Waals surface area (Å²) in [5, 5.41) is 10.4. The zero-order valence-corrected chi connectivity index (χ0v) is 12.5. The van der Waals surface area contributed by atoms with Crippen LogP contribution in [0.4, 0.5) is 4.39 Å². The van der Waals surface area contributed by atoms with Gasteiger partial charge in [0.25, 0.3) is 0 Å². The largest absolute Gasteiger partial charge is 0.508 e. The maximum absolute atomic E-state index is 14.3. The van der Waals surface area contributed by atoms with Crippen LogP contribution in [0.2, 0.25) is 0 Å². The topological polar surface area (TPSA) is 33.1 Å². The lowest BCUT2D eigenvalue weighted by Crippen LogP contribution is -1.97. The molecule has 0 aliphatic carbocycles. The first kappa shape index (κ1) is 14.3. The molecule has 0 spiro atoms. The number of hydrogen-bond acceptors (Lipinski definition) is 2. The van der Waals surface area contributed by atoms with Crippen molar-refractivity contribution in [2.75, 3.05) is 0 Å². The molecule has 3 heteroatoms. The van der Waals surface area contributed by atoms with Crippen LogP contribution in [0.3, 0.4) is 0 Å². The SMILES string of the molecule is C=C(O)c1ccc2nc(C)c(C)c(-c3ccccc3F)c2c1. The Labute approximate surface area is 128 Å². The first-order valence-corrected chi connectivity index (χ1v) is 7.03. The molecule has 0 aliphatic rings. The van der Waals surface area contributed by atoms with Gasteiger partial charge in [-0.1, -0.05) is 24.8 Å². The average molecular weight is 293 g/mol. The Hall–Kier alpha value is -2.68. The molecular weight excluding hydrogens is 277 g/mol. The molecule has 0 saturated carbocycles. The van der Waals surface area contributed by atoms with Gasteiger partial charge in [-0.2, -0.15) is 0 Å². The molecule has 3 aromatic rings. The number of aliphatic hydroxyl groups excluding tert-OH is 1. The number of nitrogens with zero attached hydrogens (tertiary/aromatic N) is 1. The lowest BCUT2D eigenvalue weighted by atomic mass is 9.94. The number of aliphatic hydroxyl groups is 1. The van der Waals surface area contributed by atoms with Crippen LogP contribution >= 0.6 is 0 Å². The fourth-order valence-electron chi connectivity index (χ4n) is 2.67. The smallest absolute Gasteiger partial charge is 0.131 e. The van der Waals surface area contributed by atoms with Gasteiger partial charge in [-0.3, -0.25) is 4.98 Å². The number of aromatic nitrogens is 1. The summed E-state index contributed by atoms with van der Waals surface area (Å²) in [7, 11) is 0. The third-order valence-electron chi connectivity index (χ3n) is 3.95. The van der Waals surface area contributed by atoms with E-state index in [0.29, 0.717) is 11.1 Å². The van der Waals surface area contributed by atoms with Crippen molar-refractivity contribution in [1.29, 1.82) is 0 Å². The van der Waals surface area contributed by atoms with Crippen molar-refractivity contribution in [2.24, 2.45) is 0 Å². The van der Waals surface area contributed by atoms with Crippen molar-refractivity contribution in [1.82, 2.24) is 4.98 Å². The summed E-state index contributed by atoms with van der Waals surface area (Å²) in [5.41, 5.74) is 4.51. The molecule has 0 fully saturated rings. The number of aryl methyl sites for hydroxylation is 1. The Balaban J connectivity index is 2.45. The number of fused-ring (bicyclic) bond motifs is 1. The van der Waals surface area contributed by atoms with E-state index in [0.717, 1.165) is 27.7 Å². The highest BCUT2D eigenvalue weighted by atomic mass is 19.1. The van der Waals surface area contributed by atoms with Crippen LogP contribution in [-0.2, 0) is 0 Å². The van der Waals surface area contributed by atoms with E-state index in [1.807, 2.05) is 26.0 Å². The first-order valence-electron chi connectivity index (χ1n) is 7.03. The van der Waals surface area contributed by atoms with Gasteiger partial charge in [-0.05, 0) is 49.2 Å². The van der Waals surface area contributed by atoms with Crippen molar-refractivity contribution >= 4 is 16.7 Å². The Morgan fingerprint density at radius 3 is 2.55 bits per heavy atom. The van der Waals surface area contributed by atoms with Gasteiger partial charge in [0.1, 0.15) is 11.6 Å². The van der Waals surface area contributed by atoms with Crippen LogP contribution in [0.15, 0.2) is 49.0 Å². The van der Waals surface area contributed by atoms with Gasteiger partial charge in [0.15, 0.2) is 0 Å². The van der Waals surface area contributed by atoms with Crippen molar-refractivity contribution in [2.45, 2.75) is 13.8 Å². The summed E-state index contributed by atoms with van der Waals surface area (Å²) in [6.45, 7) is 7.40. The fraction of sp³-hybridized carbons (Fsp3) is 0.105. The van der Waals surface area contributed by atoms with Crippen LogP contribution in [0.25, 0.3) is 27.8 Å². The molecule has 0 saturated heterocycles. The van der Waals surface area contributed by atoms with Crippen LogP contribution in [0.1, 0.15) is 16.8 Å². The number of rotatable bonds is 2. The molecule has 110 valence electrons. The predicted molar refractivity (Wildman–Crippen MR) is 88.3 cm³/mol. The van der Waals surface area contributed by atoms with Gasteiger partial charge >= 0.3 is 0 Å². The lowest BCUT2D eigenvalue weighted by molar-refractivity contribution is 0.514. The minimum absolute atomic E-state index is 0.0142. The minimum atomic E-state index is -0.272. The quantitative estimate of drug-likeness (QED) is 0.660. The first-order chi connectivity index (χ1) is 10.5. The van der Waals surface area contributed by atoms with Crippen molar-refractivity contribution in [3.63, 3.8) is 0 Å². The second-order valence-electron chi connectivity index (χ2n) is 5.36. The predicted octanol–water partition coefficient (Wildman–Crippen LogP) is 5.19. The maximum Gasteiger partial charge on any atom is 0.131 e. The summed E-state index contributed by atoms with van der Waals surface area (Å²) >= 11 is 0. The molecule has 2 aromatic carbocycles. The van der Waals surface area contributed by atoms with Crippen LogP contribution < -0.4 is 0 Å². The number of halogens is 1. The summed E-state index contributed by atoms with van der Waals surface area (Å²) in [6.07, 6.45) is 0. The third-order valence-corrected chi connectivity index (χ3v) is 3.95. The van der Waals surface area contributed by atoms with Gasteiger partial charge in [0.05, 0.1) is 5.52 Å². The Morgan fingerprint density at radius 2 is 1.86 bits per heavy atom. The average Bonchev–Trinajstić information content (AvgIpc) is 2.49. The van der Waals surface area contributed by atoms with Crippen LogP contribution in [-0.4, -0.2) is 10.1 Å². The van der Waals surface area contributed by atoms with Crippen LogP contribution in [0.5, 0.6) is 0 Å². The molecule has 0 atom stereocenters. The highest BCUT2D eigenvalue weighted by Crippen LogP contribution is 2.35. The Kier molecular flexibility index (Phi) is 3.41. The highest BCUT2D eigenvalue weighted by molar-refractivity contribution is 5.98. The number of pyridine rings is 1. The molecule has 0 aliphatic heterocycles. The standard InChI is InChI=1S/C19H16FNO/c1-11-12(2)21-18-9-8-14(13(3)22)10-16(18)19(11)15-6-4-5-7-17(15)20/h4-10,22H,3H2,1-2H3. The Bertz CT molecular complexity index is 899. The molecule has 1 N–H and O–H groups in total.